The maximum atomic E-state index is 13.8. The first-order chi connectivity index (χ1) is 16.4. The van der Waals surface area contributed by atoms with E-state index in [1.54, 1.807) is 24.9 Å². The predicted octanol–water partition coefficient (Wildman–Crippen LogP) is 4.66. The van der Waals surface area contributed by atoms with Crippen molar-refractivity contribution >= 4 is 33.2 Å². The zero-order chi connectivity index (χ0) is 24.0. The molecule has 34 heavy (non-hydrogen) atoms. The molecule has 5 rings (SSSR count). The lowest BCUT2D eigenvalue weighted by Crippen LogP contribution is -2.24. The normalized spacial score (nSPS) is 11.7. The van der Waals surface area contributed by atoms with Crippen molar-refractivity contribution in [2.45, 2.75) is 33.7 Å². The number of aromatic nitrogens is 5. The van der Waals surface area contributed by atoms with Crippen molar-refractivity contribution in [2.75, 3.05) is 14.2 Å². The van der Waals surface area contributed by atoms with E-state index in [2.05, 4.69) is 13.8 Å². The summed E-state index contributed by atoms with van der Waals surface area (Å²) in [5.74, 6) is 2.37. The van der Waals surface area contributed by atoms with Gasteiger partial charge in [-0.2, -0.15) is 0 Å². The van der Waals surface area contributed by atoms with Crippen LogP contribution in [0.25, 0.3) is 38.9 Å². The van der Waals surface area contributed by atoms with Gasteiger partial charge >= 0.3 is 0 Å². The second kappa shape index (κ2) is 8.44. The standard InChI is InChI=1S/C26H27N5O3/c1-15(2)12-13-30-16(3)27-24-22(26(30)32)23-25(29-19-9-7-6-8-18(19)28-23)31(24)20-11-10-17(33-4)14-21(20)34-5/h6-11,14-15H,12-13H2,1-5H3. The fraction of sp³-hybridized carbons (Fsp3) is 0.308. The average Bonchev–Trinajstić information content (AvgIpc) is 3.14. The predicted molar refractivity (Wildman–Crippen MR) is 133 cm³/mol. The molecule has 174 valence electrons. The number of hydrogen-bond acceptors (Lipinski definition) is 6. The Labute approximate surface area is 196 Å². The van der Waals surface area contributed by atoms with E-state index >= 15 is 0 Å². The van der Waals surface area contributed by atoms with Gasteiger partial charge in [0.25, 0.3) is 5.56 Å². The second-order valence-electron chi connectivity index (χ2n) is 8.75. The van der Waals surface area contributed by atoms with Crippen molar-refractivity contribution in [3.63, 3.8) is 0 Å². The molecule has 0 bridgehead atoms. The number of para-hydroxylation sites is 2. The maximum absolute atomic E-state index is 13.8. The first-order valence-electron chi connectivity index (χ1n) is 11.3. The molecule has 8 heteroatoms. The van der Waals surface area contributed by atoms with Crippen molar-refractivity contribution in [3.8, 4) is 17.2 Å². The molecule has 2 aromatic carbocycles. The van der Waals surface area contributed by atoms with Gasteiger partial charge in [0.2, 0.25) is 0 Å². The molecule has 0 fully saturated rings. The highest BCUT2D eigenvalue weighted by Gasteiger charge is 2.24. The molecule has 0 aliphatic rings. The Morgan fingerprint density at radius 2 is 1.68 bits per heavy atom. The Morgan fingerprint density at radius 3 is 2.35 bits per heavy atom. The summed E-state index contributed by atoms with van der Waals surface area (Å²) in [6.45, 7) is 6.76. The highest BCUT2D eigenvalue weighted by Crippen LogP contribution is 2.34. The van der Waals surface area contributed by atoms with Crippen LogP contribution in [0.3, 0.4) is 0 Å². The summed E-state index contributed by atoms with van der Waals surface area (Å²) in [7, 11) is 3.21. The molecule has 3 heterocycles. The molecule has 0 N–H and O–H groups in total. The SMILES string of the molecule is COc1ccc(-n2c3nc4ccccc4nc3c3c(=O)n(CCC(C)C)c(C)nc32)c(OC)c1. The highest BCUT2D eigenvalue weighted by molar-refractivity contribution is 6.06. The summed E-state index contributed by atoms with van der Waals surface area (Å²) >= 11 is 0. The molecule has 5 aromatic rings. The summed E-state index contributed by atoms with van der Waals surface area (Å²) in [6.07, 6.45) is 0.882. The first kappa shape index (κ1) is 21.9. The van der Waals surface area contributed by atoms with Gasteiger partial charge in [0.05, 0.1) is 30.9 Å². The molecule has 0 unspecified atom stereocenters. The first-order valence-corrected chi connectivity index (χ1v) is 11.3. The topological polar surface area (TPSA) is 84.1 Å². The Hall–Kier alpha value is -3.94. The Kier molecular flexibility index (Phi) is 5.43. The molecular weight excluding hydrogens is 430 g/mol. The summed E-state index contributed by atoms with van der Waals surface area (Å²) in [6, 6.07) is 13.2. The summed E-state index contributed by atoms with van der Waals surface area (Å²) in [5, 5.41) is 0.459. The van der Waals surface area contributed by atoms with Gasteiger partial charge in [-0.1, -0.05) is 26.0 Å². The zero-order valence-corrected chi connectivity index (χ0v) is 20.0. The van der Waals surface area contributed by atoms with Gasteiger partial charge in [0.15, 0.2) is 11.3 Å². The summed E-state index contributed by atoms with van der Waals surface area (Å²) in [5.41, 5.74) is 3.66. The minimum Gasteiger partial charge on any atom is -0.497 e. The Morgan fingerprint density at radius 1 is 0.941 bits per heavy atom. The molecule has 0 saturated carbocycles. The fourth-order valence-corrected chi connectivity index (χ4v) is 4.28. The molecular formula is C26H27N5O3. The molecule has 0 atom stereocenters. The van der Waals surface area contributed by atoms with Crippen molar-refractivity contribution < 1.29 is 9.47 Å². The van der Waals surface area contributed by atoms with Crippen LogP contribution >= 0.6 is 0 Å². The van der Waals surface area contributed by atoms with Crippen LogP contribution < -0.4 is 15.0 Å². The van der Waals surface area contributed by atoms with Gasteiger partial charge in [-0.3, -0.25) is 13.9 Å². The molecule has 0 amide bonds. The number of methoxy groups -OCH3 is 2. The third-order valence-corrected chi connectivity index (χ3v) is 6.11. The van der Waals surface area contributed by atoms with E-state index in [-0.39, 0.29) is 5.56 Å². The van der Waals surface area contributed by atoms with Gasteiger partial charge in [0.1, 0.15) is 28.2 Å². The van der Waals surface area contributed by atoms with Crippen molar-refractivity contribution in [3.05, 3.63) is 58.6 Å². The molecule has 0 aliphatic carbocycles. The third kappa shape index (κ3) is 3.46. The third-order valence-electron chi connectivity index (χ3n) is 6.11. The lowest BCUT2D eigenvalue weighted by Gasteiger charge is -2.14. The van der Waals surface area contributed by atoms with Crippen molar-refractivity contribution in [1.29, 1.82) is 0 Å². The zero-order valence-electron chi connectivity index (χ0n) is 20.0. The average molecular weight is 458 g/mol. The lowest BCUT2D eigenvalue weighted by molar-refractivity contribution is 0.393. The number of fused-ring (bicyclic) bond motifs is 4. The van der Waals surface area contributed by atoms with E-state index in [4.69, 9.17) is 24.4 Å². The fourth-order valence-electron chi connectivity index (χ4n) is 4.28. The van der Waals surface area contributed by atoms with Crippen LogP contribution in [0.5, 0.6) is 11.5 Å². The number of hydrogen-bond donors (Lipinski definition) is 0. The molecule has 0 aliphatic heterocycles. The summed E-state index contributed by atoms with van der Waals surface area (Å²) < 4.78 is 14.7. The van der Waals surface area contributed by atoms with Crippen molar-refractivity contribution in [1.82, 2.24) is 24.1 Å². The van der Waals surface area contributed by atoms with E-state index in [0.717, 1.165) is 17.5 Å². The van der Waals surface area contributed by atoms with Crippen LogP contribution in [0.2, 0.25) is 0 Å². The minimum atomic E-state index is -0.107. The Bertz CT molecular complexity index is 1600. The van der Waals surface area contributed by atoms with Gasteiger partial charge < -0.3 is 9.47 Å². The Balaban J connectivity index is 1.93. The molecule has 0 radical (unpaired) electrons. The van der Waals surface area contributed by atoms with Gasteiger partial charge in [-0.15, -0.1) is 0 Å². The maximum Gasteiger partial charge on any atom is 0.265 e. The van der Waals surface area contributed by atoms with Crippen LogP contribution in [0.15, 0.2) is 47.3 Å². The van der Waals surface area contributed by atoms with E-state index in [1.165, 1.54) is 0 Å². The van der Waals surface area contributed by atoms with E-state index in [1.807, 2.05) is 47.9 Å². The van der Waals surface area contributed by atoms with E-state index in [9.17, 15) is 4.79 Å². The smallest absolute Gasteiger partial charge is 0.265 e. The lowest BCUT2D eigenvalue weighted by atomic mass is 10.1. The van der Waals surface area contributed by atoms with Gasteiger partial charge in [-0.05, 0) is 43.5 Å². The van der Waals surface area contributed by atoms with Gasteiger partial charge in [0, 0.05) is 12.6 Å². The molecule has 8 nitrogen and oxygen atoms in total. The number of aryl methyl sites for hydroxylation is 1. The quantitative estimate of drug-likeness (QED) is 0.369. The minimum absolute atomic E-state index is 0.107. The van der Waals surface area contributed by atoms with Crippen LogP contribution in [0.1, 0.15) is 26.1 Å². The van der Waals surface area contributed by atoms with Crippen LogP contribution in [0, 0.1) is 12.8 Å². The van der Waals surface area contributed by atoms with E-state index < -0.39 is 0 Å². The van der Waals surface area contributed by atoms with Crippen LogP contribution in [-0.4, -0.2) is 38.3 Å². The number of nitrogens with zero attached hydrogens (tertiary/aromatic N) is 5. The largest absolute Gasteiger partial charge is 0.497 e. The number of rotatable bonds is 6. The monoisotopic (exact) mass is 457 g/mol. The molecule has 3 aromatic heterocycles. The van der Waals surface area contributed by atoms with Crippen LogP contribution in [-0.2, 0) is 6.54 Å². The summed E-state index contributed by atoms with van der Waals surface area (Å²) in [4.78, 5) is 28.5. The number of benzene rings is 2. The van der Waals surface area contributed by atoms with Gasteiger partial charge in [-0.25, -0.2) is 15.0 Å². The number of ether oxygens (including phenoxy) is 2. The molecule has 0 saturated heterocycles. The van der Waals surface area contributed by atoms with E-state index in [0.29, 0.717) is 57.7 Å². The highest BCUT2D eigenvalue weighted by atomic mass is 16.5. The van der Waals surface area contributed by atoms with Crippen LogP contribution in [0.4, 0.5) is 0 Å². The second-order valence-corrected chi connectivity index (χ2v) is 8.75. The van der Waals surface area contributed by atoms with Crippen molar-refractivity contribution in [2.24, 2.45) is 5.92 Å². The molecule has 0 spiro atoms.